The van der Waals surface area contributed by atoms with Crippen LogP contribution in [0, 0.1) is 6.07 Å². The number of hydrogen-bond donors (Lipinski definition) is 0. The molecule has 3 aromatic rings. The highest BCUT2D eigenvalue weighted by atomic mass is 14.2. The van der Waals surface area contributed by atoms with Crippen LogP contribution in [0.25, 0.3) is 21.9 Å². The Kier molecular flexibility index (Phi) is 2.04. The van der Waals surface area contributed by atoms with Gasteiger partial charge >= 0.3 is 0 Å². The standard InChI is InChI=1S/C18H13/c1-2-5-13(6-3-1)16-11-9-14-7-4-8-15-10-12-17(16)18(14)15/h1-5,7-9,11H,10,12H2. The van der Waals surface area contributed by atoms with E-state index in [4.69, 9.17) is 0 Å². The lowest BCUT2D eigenvalue weighted by Gasteiger charge is -2.09. The molecule has 3 aromatic carbocycles. The van der Waals surface area contributed by atoms with Crippen molar-refractivity contribution in [2.45, 2.75) is 12.8 Å². The molecule has 0 amide bonds. The maximum absolute atomic E-state index is 3.35. The average molecular weight is 229 g/mol. The summed E-state index contributed by atoms with van der Waals surface area (Å²) in [5, 5.41) is 2.85. The van der Waals surface area contributed by atoms with E-state index in [1.165, 1.54) is 39.4 Å². The summed E-state index contributed by atoms with van der Waals surface area (Å²) in [5.41, 5.74) is 5.57. The normalized spacial score (nSPS) is 13.1. The molecule has 4 rings (SSSR count). The Morgan fingerprint density at radius 1 is 0.833 bits per heavy atom. The lowest BCUT2D eigenvalue weighted by atomic mass is 9.95. The molecule has 0 heterocycles. The Hall–Kier alpha value is -2.08. The fraction of sp³-hybridized carbons (Fsp3) is 0.111. The van der Waals surface area contributed by atoms with Gasteiger partial charge in [0.1, 0.15) is 0 Å². The zero-order chi connectivity index (χ0) is 11.9. The van der Waals surface area contributed by atoms with Gasteiger partial charge in [0.05, 0.1) is 0 Å². The van der Waals surface area contributed by atoms with E-state index in [2.05, 4.69) is 48.5 Å². The minimum atomic E-state index is 1.16. The lowest BCUT2D eigenvalue weighted by molar-refractivity contribution is 1.03. The highest BCUT2D eigenvalue weighted by Crippen LogP contribution is 2.37. The lowest BCUT2D eigenvalue weighted by Crippen LogP contribution is -1.87. The maximum atomic E-state index is 3.35. The van der Waals surface area contributed by atoms with Gasteiger partial charge in [0.2, 0.25) is 0 Å². The topological polar surface area (TPSA) is 0 Å². The van der Waals surface area contributed by atoms with Crippen molar-refractivity contribution in [1.82, 2.24) is 0 Å². The van der Waals surface area contributed by atoms with Gasteiger partial charge < -0.3 is 0 Å². The van der Waals surface area contributed by atoms with Crippen LogP contribution in [0.15, 0.2) is 54.6 Å². The van der Waals surface area contributed by atoms with Gasteiger partial charge in [-0.15, -0.1) is 0 Å². The molecule has 0 saturated heterocycles. The second kappa shape index (κ2) is 3.71. The molecule has 0 nitrogen and oxygen atoms in total. The number of benzene rings is 3. The SMILES string of the molecule is [c]1ccccc1-c1ccc2cccc3c2c1CC3. The summed E-state index contributed by atoms with van der Waals surface area (Å²) in [4.78, 5) is 0. The summed E-state index contributed by atoms with van der Waals surface area (Å²) in [6.45, 7) is 0. The number of rotatable bonds is 1. The Balaban J connectivity index is 2.07. The molecule has 0 fully saturated rings. The first-order chi connectivity index (χ1) is 8.93. The highest BCUT2D eigenvalue weighted by Gasteiger charge is 2.17. The van der Waals surface area contributed by atoms with Gasteiger partial charge in [-0.2, -0.15) is 0 Å². The summed E-state index contributed by atoms with van der Waals surface area (Å²) >= 11 is 0. The van der Waals surface area contributed by atoms with Crippen LogP contribution in [-0.2, 0) is 12.8 Å². The molecule has 18 heavy (non-hydrogen) atoms. The van der Waals surface area contributed by atoms with E-state index in [9.17, 15) is 0 Å². The van der Waals surface area contributed by atoms with E-state index in [0.717, 1.165) is 6.42 Å². The van der Waals surface area contributed by atoms with Gasteiger partial charge in [-0.3, -0.25) is 0 Å². The van der Waals surface area contributed by atoms with Crippen LogP contribution < -0.4 is 0 Å². The van der Waals surface area contributed by atoms with Crippen molar-refractivity contribution in [2.75, 3.05) is 0 Å². The van der Waals surface area contributed by atoms with Crippen LogP contribution in [0.2, 0.25) is 0 Å². The molecule has 0 unspecified atom stereocenters. The quantitative estimate of drug-likeness (QED) is 0.580. The summed E-state index contributed by atoms with van der Waals surface area (Å²) in [6.07, 6.45) is 2.34. The summed E-state index contributed by atoms with van der Waals surface area (Å²) in [6, 6.07) is 22.7. The molecule has 0 aliphatic heterocycles. The first-order valence-corrected chi connectivity index (χ1v) is 6.44. The summed E-state index contributed by atoms with van der Waals surface area (Å²) < 4.78 is 0. The molecule has 1 aliphatic carbocycles. The minimum Gasteiger partial charge on any atom is -0.0616 e. The van der Waals surface area contributed by atoms with E-state index < -0.39 is 0 Å². The Bertz CT molecular complexity index is 724. The number of aryl methyl sites for hydroxylation is 2. The molecule has 0 N–H and O–H groups in total. The second-order valence-electron chi connectivity index (χ2n) is 4.88. The van der Waals surface area contributed by atoms with Crippen molar-refractivity contribution in [3.05, 3.63) is 71.8 Å². The van der Waals surface area contributed by atoms with Crippen molar-refractivity contribution >= 4 is 10.8 Å². The van der Waals surface area contributed by atoms with Gasteiger partial charge in [0.25, 0.3) is 0 Å². The molecule has 0 heteroatoms. The number of hydrogen-bond acceptors (Lipinski definition) is 0. The Labute approximate surface area is 107 Å². The minimum absolute atomic E-state index is 1.16. The predicted octanol–water partition coefficient (Wildman–Crippen LogP) is 4.41. The third-order valence-electron chi connectivity index (χ3n) is 3.88. The largest absolute Gasteiger partial charge is 0.0616 e. The van der Waals surface area contributed by atoms with E-state index in [1.54, 1.807) is 0 Å². The predicted molar refractivity (Wildman–Crippen MR) is 75.6 cm³/mol. The zero-order valence-corrected chi connectivity index (χ0v) is 10.1. The second-order valence-corrected chi connectivity index (χ2v) is 4.88. The fourth-order valence-corrected chi connectivity index (χ4v) is 3.08. The van der Waals surface area contributed by atoms with E-state index >= 15 is 0 Å². The Morgan fingerprint density at radius 3 is 2.72 bits per heavy atom. The molecule has 0 bridgehead atoms. The van der Waals surface area contributed by atoms with Crippen LogP contribution in [0.1, 0.15) is 11.1 Å². The van der Waals surface area contributed by atoms with Crippen LogP contribution in [0.3, 0.4) is 0 Å². The molecular weight excluding hydrogens is 216 g/mol. The molecule has 0 aromatic heterocycles. The maximum Gasteiger partial charge on any atom is -0.00991 e. The summed E-state index contributed by atoms with van der Waals surface area (Å²) in [5.74, 6) is 0. The molecule has 1 radical (unpaired) electrons. The van der Waals surface area contributed by atoms with E-state index in [1.807, 2.05) is 12.1 Å². The molecule has 0 spiro atoms. The van der Waals surface area contributed by atoms with Crippen molar-refractivity contribution < 1.29 is 0 Å². The van der Waals surface area contributed by atoms with Crippen molar-refractivity contribution in [2.24, 2.45) is 0 Å². The first kappa shape index (κ1) is 9.90. The first-order valence-electron chi connectivity index (χ1n) is 6.44. The van der Waals surface area contributed by atoms with Crippen LogP contribution >= 0.6 is 0 Å². The van der Waals surface area contributed by atoms with Crippen LogP contribution in [-0.4, -0.2) is 0 Å². The molecular formula is C18H13. The van der Waals surface area contributed by atoms with Gasteiger partial charge in [0.15, 0.2) is 0 Å². The fourth-order valence-electron chi connectivity index (χ4n) is 3.08. The highest BCUT2D eigenvalue weighted by molar-refractivity contribution is 5.95. The molecule has 0 atom stereocenters. The van der Waals surface area contributed by atoms with Gasteiger partial charge in [-0.1, -0.05) is 54.6 Å². The Morgan fingerprint density at radius 2 is 1.83 bits per heavy atom. The third-order valence-corrected chi connectivity index (χ3v) is 3.88. The monoisotopic (exact) mass is 229 g/mol. The van der Waals surface area contributed by atoms with Crippen molar-refractivity contribution in [3.63, 3.8) is 0 Å². The van der Waals surface area contributed by atoms with Crippen molar-refractivity contribution in [1.29, 1.82) is 0 Å². The van der Waals surface area contributed by atoms with Crippen LogP contribution in [0.4, 0.5) is 0 Å². The average Bonchev–Trinajstić information content (AvgIpc) is 2.87. The molecule has 1 aliphatic rings. The third kappa shape index (κ3) is 1.32. The molecule has 0 saturated carbocycles. The zero-order valence-electron chi connectivity index (χ0n) is 10.1. The van der Waals surface area contributed by atoms with Gasteiger partial charge in [0, 0.05) is 0 Å². The van der Waals surface area contributed by atoms with Gasteiger partial charge in [-0.25, -0.2) is 0 Å². The van der Waals surface area contributed by atoms with E-state index in [-0.39, 0.29) is 0 Å². The summed E-state index contributed by atoms with van der Waals surface area (Å²) in [7, 11) is 0. The van der Waals surface area contributed by atoms with Crippen LogP contribution in [0.5, 0.6) is 0 Å². The van der Waals surface area contributed by atoms with Crippen molar-refractivity contribution in [3.8, 4) is 11.1 Å². The van der Waals surface area contributed by atoms with Gasteiger partial charge in [-0.05, 0) is 51.9 Å². The molecule has 85 valence electrons. The smallest absolute Gasteiger partial charge is 0.00991 e. The van der Waals surface area contributed by atoms with E-state index in [0.29, 0.717) is 0 Å².